The van der Waals surface area contributed by atoms with Crippen molar-refractivity contribution in [3.63, 3.8) is 0 Å². The van der Waals surface area contributed by atoms with Crippen molar-refractivity contribution in [1.82, 2.24) is 20.4 Å². The first-order valence-corrected chi connectivity index (χ1v) is 11.7. The van der Waals surface area contributed by atoms with E-state index < -0.39 is 0 Å². The molecule has 9 nitrogen and oxygen atoms in total. The van der Waals surface area contributed by atoms with E-state index >= 15 is 0 Å². The number of nitrogens with two attached hydrogens (primary N) is 1. The van der Waals surface area contributed by atoms with Crippen LogP contribution < -0.4 is 16.4 Å². The predicted octanol–water partition coefficient (Wildman–Crippen LogP) is 2.35. The van der Waals surface area contributed by atoms with Crippen molar-refractivity contribution in [2.75, 3.05) is 20.3 Å². The normalized spacial score (nSPS) is 30.6. The molecule has 0 aromatic carbocycles. The fraction of sp³-hybridized carbons (Fsp3) is 0.444. The van der Waals surface area contributed by atoms with E-state index in [0.717, 1.165) is 9.39 Å². The third-order valence-corrected chi connectivity index (χ3v) is 7.37. The average Bonchev–Trinajstić information content (AvgIpc) is 3.07. The lowest BCUT2D eigenvalue weighted by molar-refractivity contribution is -0.258. The minimum Gasteiger partial charge on any atom is -0.382 e. The minimum absolute atomic E-state index is 0.0975. The van der Waals surface area contributed by atoms with Gasteiger partial charge in [0.25, 0.3) is 0 Å². The van der Waals surface area contributed by atoms with Gasteiger partial charge in [0.15, 0.2) is 5.15 Å². The highest BCUT2D eigenvalue weighted by molar-refractivity contribution is 9.11. The molecule has 0 amide bonds. The molecule has 3 aliphatic rings. The van der Waals surface area contributed by atoms with Gasteiger partial charge in [0.1, 0.15) is 41.3 Å². The number of thioether (sulfide) groups is 1. The van der Waals surface area contributed by atoms with Gasteiger partial charge in [-0.25, -0.2) is 4.68 Å². The maximum atomic E-state index is 9.45. The topological polar surface area (TPSA) is 119 Å². The van der Waals surface area contributed by atoms with E-state index in [1.54, 1.807) is 13.3 Å². The van der Waals surface area contributed by atoms with E-state index in [0.29, 0.717) is 29.7 Å². The SMILES string of the molecule is COC1C(SC2=C(C#N)NCC(Br)=C2)OC2COC2C1N/C=C(\N)n1cc(Cl)c(Cl)n1. The van der Waals surface area contributed by atoms with Gasteiger partial charge in [0, 0.05) is 29.2 Å². The Balaban J connectivity index is 1.54. The van der Waals surface area contributed by atoms with Crippen LogP contribution in [0.4, 0.5) is 0 Å². The van der Waals surface area contributed by atoms with Gasteiger partial charge in [-0.05, 0) is 6.08 Å². The number of hydrogen-bond acceptors (Lipinski definition) is 9. The molecule has 3 aliphatic heterocycles. The first-order valence-electron chi connectivity index (χ1n) is 9.24. The molecule has 0 bridgehead atoms. The van der Waals surface area contributed by atoms with Crippen LogP contribution in [-0.4, -0.2) is 59.8 Å². The third-order valence-electron chi connectivity index (χ3n) is 5.02. The van der Waals surface area contributed by atoms with Crippen LogP contribution in [0.3, 0.4) is 0 Å². The van der Waals surface area contributed by atoms with Gasteiger partial charge in [-0.1, -0.05) is 50.9 Å². The lowest BCUT2D eigenvalue weighted by atomic mass is 9.93. The predicted molar refractivity (Wildman–Crippen MR) is 122 cm³/mol. The zero-order chi connectivity index (χ0) is 22.1. The zero-order valence-corrected chi connectivity index (χ0v) is 20.1. The smallest absolute Gasteiger partial charge is 0.170 e. The van der Waals surface area contributed by atoms with Gasteiger partial charge in [-0.3, -0.25) is 0 Å². The van der Waals surface area contributed by atoms with Gasteiger partial charge < -0.3 is 30.6 Å². The number of rotatable bonds is 6. The van der Waals surface area contributed by atoms with E-state index in [1.165, 1.54) is 22.6 Å². The Morgan fingerprint density at radius 2 is 2.39 bits per heavy atom. The molecule has 4 rings (SSSR count). The summed E-state index contributed by atoms with van der Waals surface area (Å²) in [6, 6.07) is 1.95. The highest BCUT2D eigenvalue weighted by atomic mass is 79.9. The van der Waals surface area contributed by atoms with Crippen LogP contribution in [0, 0.1) is 11.3 Å². The molecule has 13 heteroatoms. The molecule has 5 atom stereocenters. The van der Waals surface area contributed by atoms with Crippen molar-refractivity contribution in [3.05, 3.63) is 43.7 Å². The van der Waals surface area contributed by atoms with Crippen LogP contribution in [0.25, 0.3) is 5.82 Å². The maximum Gasteiger partial charge on any atom is 0.170 e. The molecule has 2 fully saturated rings. The summed E-state index contributed by atoms with van der Waals surface area (Å²) in [6.45, 7) is 1.06. The van der Waals surface area contributed by atoms with Crippen molar-refractivity contribution in [2.24, 2.45) is 5.73 Å². The van der Waals surface area contributed by atoms with Gasteiger partial charge in [-0.15, -0.1) is 0 Å². The first kappa shape index (κ1) is 22.8. The molecule has 1 aromatic rings. The molecule has 0 aliphatic carbocycles. The molecule has 166 valence electrons. The summed E-state index contributed by atoms with van der Waals surface area (Å²) >= 11 is 16.8. The molecular formula is C18H19BrCl2N6O3S. The Morgan fingerprint density at radius 3 is 3.00 bits per heavy atom. The maximum absolute atomic E-state index is 9.45. The molecule has 0 saturated carbocycles. The molecule has 0 spiro atoms. The number of allylic oxidation sites excluding steroid dienone is 2. The fourth-order valence-corrected chi connectivity index (χ4v) is 5.53. The third kappa shape index (κ3) is 4.71. The van der Waals surface area contributed by atoms with Crippen LogP contribution in [0.15, 0.2) is 33.6 Å². The second kappa shape index (κ2) is 9.62. The number of aromatic nitrogens is 2. The number of nitrogens with one attached hydrogen (secondary N) is 2. The highest BCUT2D eigenvalue weighted by Gasteiger charge is 2.52. The lowest BCUT2D eigenvalue weighted by Gasteiger charge is -2.51. The molecule has 1 aromatic heterocycles. The molecule has 2 saturated heterocycles. The second-order valence-electron chi connectivity index (χ2n) is 6.93. The van der Waals surface area contributed by atoms with Crippen molar-refractivity contribution >= 4 is 56.7 Å². The van der Waals surface area contributed by atoms with Crippen LogP contribution in [-0.2, 0) is 14.2 Å². The molecule has 31 heavy (non-hydrogen) atoms. The molecule has 0 radical (unpaired) electrons. The van der Waals surface area contributed by atoms with Crippen LogP contribution in [0.1, 0.15) is 0 Å². The summed E-state index contributed by atoms with van der Waals surface area (Å²) in [5.41, 5.74) is 6.24. The molecular weight excluding hydrogens is 531 g/mol. The standard InChI is InChI=1S/C18H19BrCl2N6O3S/c1-28-16-14(25-5-13(23)27-6-9(20)17(21)26-27)15-11(7-29-15)30-18(16)31-12-2-8(19)4-24-10(12)3-22/h2,5-6,11,14-16,18,24-25H,4,7,23H2,1H3/b13-5+. The van der Waals surface area contributed by atoms with Gasteiger partial charge >= 0.3 is 0 Å². The number of methoxy groups -OCH3 is 1. The minimum atomic E-state index is -0.387. The number of halogens is 3. The molecule has 4 heterocycles. The zero-order valence-electron chi connectivity index (χ0n) is 16.2. The average molecular weight is 550 g/mol. The number of dihydropyridines is 1. The van der Waals surface area contributed by atoms with Gasteiger partial charge in [-0.2, -0.15) is 10.4 Å². The summed E-state index contributed by atoms with van der Waals surface area (Å²) in [6.07, 6.45) is 4.37. The van der Waals surface area contributed by atoms with E-state index in [1.807, 2.05) is 6.08 Å². The summed E-state index contributed by atoms with van der Waals surface area (Å²) in [7, 11) is 1.61. The van der Waals surface area contributed by atoms with Crippen molar-refractivity contribution in [2.45, 2.75) is 29.8 Å². The number of ether oxygens (including phenoxy) is 3. The van der Waals surface area contributed by atoms with Crippen LogP contribution in [0.5, 0.6) is 0 Å². The van der Waals surface area contributed by atoms with Crippen LogP contribution in [0.2, 0.25) is 10.2 Å². The number of nitrogens with zero attached hydrogens (tertiary/aromatic N) is 3. The molecule has 4 N–H and O–H groups in total. The largest absolute Gasteiger partial charge is 0.382 e. The van der Waals surface area contributed by atoms with Crippen molar-refractivity contribution in [1.29, 1.82) is 5.26 Å². The number of nitriles is 1. The Morgan fingerprint density at radius 1 is 1.58 bits per heavy atom. The molecule has 5 unspecified atom stereocenters. The first-order chi connectivity index (χ1) is 14.9. The summed E-state index contributed by atoms with van der Waals surface area (Å²) in [4.78, 5) is 0.779. The monoisotopic (exact) mass is 548 g/mol. The van der Waals surface area contributed by atoms with Crippen molar-refractivity contribution in [3.8, 4) is 6.07 Å². The summed E-state index contributed by atoms with van der Waals surface area (Å²) in [5, 5.41) is 20.3. The highest BCUT2D eigenvalue weighted by Crippen LogP contribution is 2.40. The van der Waals surface area contributed by atoms with Gasteiger partial charge in [0.2, 0.25) is 0 Å². The Bertz CT molecular complexity index is 974. The number of fused-ring (bicyclic) bond motifs is 1. The van der Waals surface area contributed by atoms with Gasteiger partial charge in [0.05, 0.1) is 23.9 Å². The van der Waals surface area contributed by atoms with Crippen molar-refractivity contribution < 1.29 is 14.2 Å². The van der Waals surface area contributed by atoms with Crippen LogP contribution >= 0.6 is 50.9 Å². The van der Waals surface area contributed by atoms with E-state index in [9.17, 15) is 5.26 Å². The van der Waals surface area contributed by atoms with E-state index in [4.69, 9.17) is 43.1 Å². The van der Waals surface area contributed by atoms with E-state index in [2.05, 4.69) is 37.7 Å². The Kier molecular flexibility index (Phi) is 7.07. The Hall–Kier alpha value is -1.39. The Labute approximate surface area is 201 Å². The second-order valence-corrected chi connectivity index (χ2v) is 9.85. The lowest BCUT2D eigenvalue weighted by Crippen LogP contribution is -2.68. The quantitative estimate of drug-likeness (QED) is 0.491. The summed E-state index contributed by atoms with van der Waals surface area (Å²) in [5.74, 6) is 0.299. The fourth-order valence-electron chi connectivity index (χ4n) is 3.44. The van der Waals surface area contributed by atoms with E-state index in [-0.39, 0.29) is 34.9 Å². The summed E-state index contributed by atoms with van der Waals surface area (Å²) < 4.78 is 20.1. The number of hydrogen-bond donors (Lipinski definition) is 3.